The third-order valence-electron chi connectivity index (χ3n) is 3.85. The van der Waals surface area contributed by atoms with Crippen LogP contribution in [0.4, 0.5) is 0 Å². The number of hydrogen-bond acceptors (Lipinski definition) is 0. The van der Waals surface area contributed by atoms with Gasteiger partial charge in [-0.05, 0) is 37.7 Å². The van der Waals surface area contributed by atoms with E-state index in [-0.39, 0.29) is 3.23 Å². The fraction of sp³-hybridized carbons (Fsp3) is 0.800. The van der Waals surface area contributed by atoms with Crippen molar-refractivity contribution < 1.29 is 0 Å². The fourth-order valence-corrected chi connectivity index (χ4v) is 5.01. The third kappa shape index (κ3) is 0.708. The molecule has 0 aliphatic heterocycles. The third-order valence-corrected chi connectivity index (χ3v) is 6.16. The lowest BCUT2D eigenvalue weighted by molar-refractivity contribution is 0.306. The average Bonchev–Trinajstić information content (AvgIpc) is 2.24. The minimum atomic E-state index is 0.237. The summed E-state index contributed by atoms with van der Waals surface area (Å²) in [4.78, 5) is 0. The molecule has 0 aromatic rings. The molecule has 0 atom stereocenters. The van der Waals surface area contributed by atoms with Crippen molar-refractivity contribution in [3.8, 4) is 0 Å². The number of rotatable bonds is 0. The lowest BCUT2D eigenvalue weighted by Crippen LogP contribution is -2.18. The quantitative estimate of drug-likeness (QED) is 0.465. The van der Waals surface area contributed by atoms with E-state index in [1.807, 2.05) is 0 Å². The summed E-state index contributed by atoms with van der Waals surface area (Å²) in [7, 11) is 0. The fourth-order valence-electron chi connectivity index (χ4n) is 2.69. The van der Waals surface area contributed by atoms with Gasteiger partial charge in [0.05, 0.1) is 0 Å². The van der Waals surface area contributed by atoms with E-state index in [9.17, 15) is 0 Å². The molecule has 0 N–H and O–H groups in total. The van der Waals surface area contributed by atoms with Gasteiger partial charge in [0.2, 0.25) is 0 Å². The van der Waals surface area contributed by atoms with Gasteiger partial charge < -0.3 is 0 Å². The van der Waals surface area contributed by atoms with Crippen LogP contribution in [0.3, 0.4) is 0 Å². The summed E-state index contributed by atoms with van der Waals surface area (Å²) in [6.07, 6.45) is 8.40. The predicted octanol–water partition coefficient (Wildman–Crippen LogP) is 4.14. The van der Waals surface area contributed by atoms with Crippen LogP contribution in [-0.2, 0) is 0 Å². The van der Waals surface area contributed by atoms with Gasteiger partial charge in [0, 0.05) is 5.41 Å². The van der Waals surface area contributed by atoms with Crippen molar-refractivity contribution in [2.45, 2.75) is 41.8 Å². The van der Waals surface area contributed by atoms with Gasteiger partial charge in [-0.15, -0.1) is 0 Å². The van der Waals surface area contributed by atoms with Crippen LogP contribution < -0.4 is 0 Å². The van der Waals surface area contributed by atoms with Crippen molar-refractivity contribution in [1.29, 1.82) is 0 Å². The van der Waals surface area contributed by atoms with Crippen molar-refractivity contribution >= 4 is 31.9 Å². The molecular formula is C10H12Br2. The maximum atomic E-state index is 3.82. The summed E-state index contributed by atoms with van der Waals surface area (Å²) in [6.45, 7) is 0. The first kappa shape index (κ1) is 8.05. The largest absolute Gasteiger partial charge is 0.112 e. The zero-order valence-corrected chi connectivity index (χ0v) is 10.2. The van der Waals surface area contributed by atoms with Crippen molar-refractivity contribution in [2.75, 3.05) is 0 Å². The van der Waals surface area contributed by atoms with Crippen LogP contribution in [0, 0.1) is 5.41 Å². The van der Waals surface area contributed by atoms with E-state index >= 15 is 0 Å². The summed E-state index contributed by atoms with van der Waals surface area (Å²) in [5, 5.41) is 0. The Morgan fingerprint density at radius 3 is 1.92 bits per heavy atom. The maximum absolute atomic E-state index is 3.82. The zero-order chi connectivity index (χ0) is 8.40. The van der Waals surface area contributed by atoms with Gasteiger partial charge in [0.1, 0.15) is 3.23 Å². The number of hydrogen-bond donors (Lipinski definition) is 0. The summed E-state index contributed by atoms with van der Waals surface area (Å²) < 4.78 is 0.237. The van der Waals surface area contributed by atoms with Crippen LogP contribution in [0.5, 0.6) is 0 Å². The molecule has 0 amide bonds. The Balaban J connectivity index is 1.99. The van der Waals surface area contributed by atoms with Gasteiger partial charge in [-0.25, -0.2) is 0 Å². The van der Waals surface area contributed by atoms with Gasteiger partial charge in [0.15, 0.2) is 0 Å². The normalized spacial score (nSPS) is 34.5. The molecule has 0 bridgehead atoms. The van der Waals surface area contributed by atoms with Crippen LogP contribution in [0.1, 0.15) is 38.5 Å². The SMILES string of the molecule is BrC1(Br)C(=C2CCC2)C12CCC2. The van der Waals surface area contributed by atoms with Crippen molar-refractivity contribution in [1.82, 2.24) is 0 Å². The van der Waals surface area contributed by atoms with E-state index in [2.05, 4.69) is 31.9 Å². The molecule has 0 saturated heterocycles. The highest BCUT2D eigenvalue weighted by Gasteiger charge is 2.73. The average molecular weight is 292 g/mol. The maximum Gasteiger partial charge on any atom is 0.112 e. The minimum Gasteiger partial charge on any atom is -0.0680 e. The van der Waals surface area contributed by atoms with Crippen molar-refractivity contribution in [3.63, 3.8) is 0 Å². The highest BCUT2D eigenvalue weighted by Crippen LogP contribution is 2.80. The monoisotopic (exact) mass is 290 g/mol. The Bertz CT molecular complexity index is 266. The Morgan fingerprint density at radius 1 is 1.00 bits per heavy atom. The molecule has 3 aliphatic rings. The minimum absolute atomic E-state index is 0.237. The molecule has 0 radical (unpaired) electrons. The van der Waals surface area contributed by atoms with Gasteiger partial charge in [-0.3, -0.25) is 0 Å². The molecule has 1 spiro atoms. The zero-order valence-electron chi connectivity index (χ0n) is 7.00. The van der Waals surface area contributed by atoms with E-state index in [4.69, 9.17) is 0 Å². The standard InChI is InChI=1S/C10H12Br2/c11-10(12)8(7-3-1-4-7)9(10)5-2-6-9/h1-6H2. The second kappa shape index (κ2) is 2.20. The molecular weight excluding hydrogens is 280 g/mol. The van der Waals surface area contributed by atoms with Gasteiger partial charge >= 0.3 is 0 Å². The van der Waals surface area contributed by atoms with Crippen LogP contribution in [0.2, 0.25) is 0 Å². The summed E-state index contributed by atoms with van der Waals surface area (Å²) in [5.74, 6) is 0. The molecule has 3 aliphatic carbocycles. The number of alkyl halides is 2. The molecule has 0 heterocycles. The molecule has 2 heteroatoms. The highest BCUT2D eigenvalue weighted by molar-refractivity contribution is 9.25. The number of halogens is 2. The van der Waals surface area contributed by atoms with Crippen LogP contribution >= 0.6 is 31.9 Å². The van der Waals surface area contributed by atoms with Gasteiger partial charge in [-0.2, -0.15) is 0 Å². The van der Waals surface area contributed by atoms with E-state index in [0.717, 1.165) is 0 Å². The summed E-state index contributed by atoms with van der Waals surface area (Å²) in [5.41, 5.74) is 4.05. The molecule has 3 fully saturated rings. The molecule has 0 aromatic heterocycles. The first-order valence-electron chi connectivity index (χ1n) is 4.79. The Kier molecular flexibility index (Phi) is 1.47. The summed E-state index contributed by atoms with van der Waals surface area (Å²) >= 11 is 7.64. The smallest absolute Gasteiger partial charge is 0.0680 e. The van der Waals surface area contributed by atoms with Crippen LogP contribution in [0.25, 0.3) is 0 Å². The molecule has 3 saturated carbocycles. The van der Waals surface area contributed by atoms with Crippen molar-refractivity contribution in [3.05, 3.63) is 11.1 Å². The Labute approximate surface area is 90.1 Å². The molecule has 66 valence electrons. The van der Waals surface area contributed by atoms with Crippen molar-refractivity contribution in [2.24, 2.45) is 5.41 Å². The Hall–Kier alpha value is 0.700. The first-order chi connectivity index (χ1) is 5.68. The second-order valence-corrected chi connectivity index (χ2v) is 7.79. The van der Waals surface area contributed by atoms with E-state index in [1.54, 1.807) is 11.1 Å². The van der Waals surface area contributed by atoms with E-state index in [1.165, 1.54) is 38.5 Å². The van der Waals surface area contributed by atoms with E-state index in [0.29, 0.717) is 5.41 Å². The lowest BCUT2D eigenvalue weighted by atomic mass is 9.78. The molecule has 0 nitrogen and oxygen atoms in total. The van der Waals surface area contributed by atoms with Gasteiger partial charge in [0.25, 0.3) is 0 Å². The highest BCUT2D eigenvalue weighted by atomic mass is 79.9. The van der Waals surface area contributed by atoms with E-state index < -0.39 is 0 Å². The van der Waals surface area contributed by atoms with Gasteiger partial charge in [-0.1, -0.05) is 43.9 Å². The topological polar surface area (TPSA) is 0 Å². The predicted molar refractivity (Wildman–Crippen MR) is 57.7 cm³/mol. The lowest BCUT2D eigenvalue weighted by Gasteiger charge is -2.27. The summed E-state index contributed by atoms with van der Waals surface area (Å²) in [6, 6.07) is 0. The molecule has 12 heavy (non-hydrogen) atoms. The van der Waals surface area contributed by atoms with Crippen LogP contribution in [0.15, 0.2) is 11.1 Å². The molecule has 0 unspecified atom stereocenters. The molecule has 0 aromatic carbocycles. The first-order valence-corrected chi connectivity index (χ1v) is 6.38. The van der Waals surface area contributed by atoms with Crippen LogP contribution in [-0.4, -0.2) is 3.23 Å². The Morgan fingerprint density at radius 2 is 1.67 bits per heavy atom. The molecule has 3 rings (SSSR count). The second-order valence-electron chi connectivity index (χ2n) is 4.34. The number of allylic oxidation sites excluding steroid dienone is 2.